The Morgan fingerprint density at radius 1 is 1.08 bits per heavy atom. The Morgan fingerprint density at radius 2 is 1.71 bits per heavy atom. The van der Waals surface area contributed by atoms with E-state index in [9.17, 15) is 9.59 Å². The fourth-order valence-electron chi connectivity index (χ4n) is 2.37. The molecule has 1 aromatic rings. The third-order valence-electron chi connectivity index (χ3n) is 4.37. The maximum absolute atomic E-state index is 12.0. The quantitative estimate of drug-likeness (QED) is 0.728. The van der Waals surface area contributed by atoms with Crippen LogP contribution >= 0.6 is 0 Å². The summed E-state index contributed by atoms with van der Waals surface area (Å²) >= 11 is 0. The van der Waals surface area contributed by atoms with Crippen molar-refractivity contribution in [3.63, 3.8) is 0 Å². The van der Waals surface area contributed by atoms with Gasteiger partial charge in [0.05, 0.1) is 12.6 Å². The van der Waals surface area contributed by atoms with Gasteiger partial charge in [-0.3, -0.25) is 9.59 Å². The topological polar surface area (TPSA) is 61.4 Å². The molecule has 2 N–H and O–H groups in total. The van der Waals surface area contributed by atoms with Gasteiger partial charge >= 0.3 is 0 Å². The molecule has 0 aliphatic carbocycles. The zero-order chi connectivity index (χ0) is 18.1. The maximum Gasteiger partial charge on any atom is 0.239 e. The minimum atomic E-state index is -0.163. The molecule has 0 aliphatic heterocycles. The summed E-state index contributed by atoms with van der Waals surface area (Å²) < 4.78 is 0. The summed E-state index contributed by atoms with van der Waals surface area (Å²) in [5.74, 6) is -0.306. The average Bonchev–Trinajstić information content (AvgIpc) is 2.59. The Bertz CT molecular complexity index is 526. The summed E-state index contributed by atoms with van der Waals surface area (Å²) in [5, 5.41) is 5.58. The number of nitrogens with zero attached hydrogens (tertiary/aromatic N) is 1. The second-order valence-electron chi connectivity index (χ2n) is 6.41. The van der Waals surface area contributed by atoms with Crippen molar-refractivity contribution in [2.75, 3.05) is 27.2 Å². The Balaban J connectivity index is 2.54. The lowest BCUT2D eigenvalue weighted by Gasteiger charge is -2.25. The van der Waals surface area contributed by atoms with Crippen molar-refractivity contribution >= 4 is 11.8 Å². The molecular weight excluding hydrogens is 302 g/mol. The first kappa shape index (κ1) is 20.2. The van der Waals surface area contributed by atoms with Crippen LogP contribution in [0.4, 0.5) is 0 Å². The van der Waals surface area contributed by atoms with Gasteiger partial charge in [-0.05, 0) is 38.1 Å². The van der Waals surface area contributed by atoms with Crippen molar-refractivity contribution in [1.29, 1.82) is 0 Å². The van der Waals surface area contributed by atoms with E-state index < -0.39 is 0 Å². The lowest BCUT2D eigenvalue weighted by atomic mass is 10.0. The number of carbonyl (C=O) groups is 2. The number of benzene rings is 1. The van der Waals surface area contributed by atoms with Gasteiger partial charge in [0.15, 0.2) is 0 Å². The number of aryl methyl sites for hydroxylation is 1. The van der Waals surface area contributed by atoms with Crippen LogP contribution < -0.4 is 10.6 Å². The van der Waals surface area contributed by atoms with E-state index >= 15 is 0 Å². The molecule has 5 nitrogen and oxygen atoms in total. The van der Waals surface area contributed by atoms with Crippen molar-refractivity contribution in [3.05, 3.63) is 35.4 Å². The molecule has 2 atom stereocenters. The molecule has 0 fully saturated rings. The van der Waals surface area contributed by atoms with Crippen molar-refractivity contribution in [2.24, 2.45) is 5.92 Å². The number of nitrogens with one attached hydrogen (secondary N) is 2. The summed E-state index contributed by atoms with van der Waals surface area (Å²) in [7, 11) is 3.99. The molecule has 0 bridgehead atoms. The lowest BCUT2D eigenvalue weighted by Crippen LogP contribution is -2.41. The molecule has 0 heterocycles. The Hall–Kier alpha value is -1.88. The Kier molecular flexibility index (Phi) is 8.47. The second-order valence-corrected chi connectivity index (χ2v) is 6.41. The summed E-state index contributed by atoms with van der Waals surface area (Å²) in [5.41, 5.74) is 2.47. The van der Waals surface area contributed by atoms with Crippen LogP contribution in [0.5, 0.6) is 0 Å². The molecule has 134 valence electrons. The van der Waals surface area contributed by atoms with E-state index in [1.54, 1.807) is 0 Å². The standard InChI is InChI=1S/C19H31N3O2/c1-6-14(3)19(24)21-13-18(23)20-12-17(22(4)5)16-10-8-15(7-2)9-11-16/h8-11,14,17H,6-7,12-13H2,1-5H3,(H,20,23)(H,21,24). The minimum absolute atomic E-state index is 0.0259. The molecule has 24 heavy (non-hydrogen) atoms. The van der Waals surface area contributed by atoms with Crippen LogP contribution in [-0.4, -0.2) is 43.9 Å². The first-order valence-corrected chi connectivity index (χ1v) is 8.68. The monoisotopic (exact) mass is 333 g/mol. The van der Waals surface area contributed by atoms with Gasteiger partial charge in [-0.15, -0.1) is 0 Å². The molecule has 2 unspecified atom stereocenters. The van der Waals surface area contributed by atoms with Gasteiger partial charge in [-0.1, -0.05) is 45.0 Å². The van der Waals surface area contributed by atoms with E-state index in [1.807, 2.05) is 27.9 Å². The van der Waals surface area contributed by atoms with E-state index in [1.165, 1.54) is 11.1 Å². The van der Waals surface area contributed by atoms with Gasteiger partial charge in [-0.25, -0.2) is 0 Å². The lowest BCUT2D eigenvalue weighted by molar-refractivity contribution is -0.128. The van der Waals surface area contributed by atoms with E-state index in [0.717, 1.165) is 12.8 Å². The van der Waals surface area contributed by atoms with Gasteiger partial charge < -0.3 is 15.5 Å². The predicted molar refractivity (Wildman–Crippen MR) is 97.7 cm³/mol. The fraction of sp³-hybridized carbons (Fsp3) is 0.579. The smallest absolute Gasteiger partial charge is 0.239 e. The minimum Gasteiger partial charge on any atom is -0.353 e. The number of likely N-dealkylation sites (N-methyl/N-ethyl adjacent to an activating group) is 1. The molecule has 0 saturated heterocycles. The molecule has 2 amide bonds. The molecule has 0 radical (unpaired) electrons. The van der Waals surface area contributed by atoms with Crippen LogP contribution in [0.1, 0.15) is 44.4 Å². The van der Waals surface area contributed by atoms with Crippen LogP contribution in [-0.2, 0) is 16.0 Å². The number of rotatable bonds is 9. The Labute approximate surface area is 145 Å². The average molecular weight is 333 g/mol. The number of carbonyl (C=O) groups excluding carboxylic acids is 2. The Morgan fingerprint density at radius 3 is 2.21 bits per heavy atom. The van der Waals surface area contributed by atoms with Gasteiger partial charge in [0, 0.05) is 12.5 Å². The van der Waals surface area contributed by atoms with Crippen molar-refractivity contribution in [1.82, 2.24) is 15.5 Å². The first-order valence-electron chi connectivity index (χ1n) is 8.68. The summed E-state index contributed by atoms with van der Waals surface area (Å²) in [6.07, 6.45) is 1.78. The zero-order valence-corrected chi connectivity index (χ0v) is 15.6. The highest BCUT2D eigenvalue weighted by Gasteiger charge is 2.16. The molecule has 5 heteroatoms. The molecule has 0 aromatic heterocycles. The third-order valence-corrected chi connectivity index (χ3v) is 4.37. The highest BCUT2D eigenvalue weighted by molar-refractivity contribution is 5.85. The van der Waals surface area contributed by atoms with Gasteiger partial charge in [0.2, 0.25) is 11.8 Å². The highest BCUT2D eigenvalue weighted by Crippen LogP contribution is 2.18. The maximum atomic E-state index is 12.0. The summed E-state index contributed by atoms with van der Waals surface area (Å²) in [6, 6.07) is 8.57. The zero-order valence-electron chi connectivity index (χ0n) is 15.6. The van der Waals surface area contributed by atoms with Crippen LogP contribution in [0.15, 0.2) is 24.3 Å². The third kappa shape index (κ3) is 6.32. The number of hydrogen-bond acceptors (Lipinski definition) is 3. The molecule has 0 saturated carbocycles. The van der Waals surface area contributed by atoms with Crippen molar-refractivity contribution in [2.45, 2.75) is 39.7 Å². The van der Waals surface area contributed by atoms with Crippen molar-refractivity contribution < 1.29 is 9.59 Å². The second kappa shape index (κ2) is 10.1. The van der Waals surface area contributed by atoms with E-state index in [2.05, 4.69) is 46.7 Å². The highest BCUT2D eigenvalue weighted by atomic mass is 16.2. The summed E-state index contributed by atoms with van der Waals surface area (Å²) in [4.78, 5) is 25.8. The SMILES string of the molecule is CCc1ccc(C(CNC(=O)CNC(=O)C(C)CC)N(C)C)cc1. The van der Waals surface area contributed by atoms with Crippen LogP contribution in [0.25, 0.3) is 0 Å². The largest absolute Gasteiger partial charge is 0.353 e. The molecular formula is C19H31N3O2. The fourth-order valence-corrected chi connectivity index (χ4v) is 2.37. The van der Waals surface area contributed by atoms with E-state index in [-0.39, 0.29) is 30.3 Å². The number of amides is 2. The molecule has 0 spiro atoms. The molecule has 1 rings (SSSR count). The van der Waals surface area contributed by atoms with Crippen molar-refractivity contribution in [3.8, 4) is 0 Å². The predicted octanol–water partition coefficient (Wildman–Crippen LogP) is 2.13. The van der Waals surface area contributed by atoms with Gasteiger partial charge in [0.25, 0.3) is 0 Å². The molecule has 1 aromatic carbocycles. The first-order chi connectivity index (χ1) is 11.4. The van der Waals surface area contributed by atoms with Crippen LogP contribution in [0, 0.1) is 5.92 Å². The van der Waals surface area contributed by atoms with Crippen LogP contribution in [0.3, 0.4) is 0 Å². The van der Waals surface area contributed by atoms with E-state index in [4.69, 9.17) is 0 Å². The van der Waals surface area contributed by atoms with E-state index in [0.29, 0.717) is 6.54 Å². The van der Waals surface area contributed by atoms with Gasteiger partial charge in [-0.2, -0.15) is 0 Å². The van der Waals surface area contributed by atoms with Crippen LogP contribution in [0.2, 0.25) is 0 Å². The molecule has 0 aliphatic rings. The van der Waals surface area contributed by atoms with Gasteiger partial charge in [0.1, 0.15) is 0 Å². The number of hydrogen-bond donors (Lipinski definition) is 2. The summed E-state index contributed by atoms with van der Waals surface area (Å²) in [6.45, 7) is 6.48. The normalized spacial score (nSPS) is 13.4.